The van der Waals surface area contributed by atoms with E-state index in [1.54, 1.807) is 24.3 Å². The molecule has 1 rings (SSSR count). The lowest BCUT2D eigenvalue weighted by molar-refractivity contribution is -0.139. The minimum Gasteiger partial charge on any atom is -0.494 e. The fourth-order valence-electron chi connectivity index (χ4n) is 1.92. The van der Waals surface area contributed by atoms with Crippen LogP contribution in [-0.4, -0.2) is 32.1 Å². The molecule has 0 saturated heterocycles. The van der Waals surface area contributed by atoms with E-state index in [4.69, 9.17) is 4.74 Å². The van der Waals surface area contributed by atoms with Gasteiger partial charge in [-0.2, -0.15) is 0 Å². The molecule has 0 aromatic heterocycles. The van der Waals surface area contributed by atoms with Crippen molar-refractivity contribution in [2.24, 2.45) is 0 Å². The number of methoxy groups -OCH3 is 1. The highest BCUT2D eigenvalue weighted by Gasteiger charge is 2.08. The van der Waals surface area contributed by atoms with E-state index in [0.717, 1.165) is 12.2 Å². The maximum atomic E-state index is 11.8. The van der Waals surface area contributed by atoms with Crippen molar-refractivity contribution in [3.63, 3.8) is 0 Å². The third-order valence-electron chi connectivity index (χ3n) is 3.25. The minimum absolute atomic E-state index is 0.134. The standard InChI is InChI=1S/C17H25NO4/c1-3-4-5-6-7-12-22-15-10-8-14(9-11-15)17(20)18-13-16(19)21-2/h8-11H,3-7,12-13H2,1-2H3,(H,18,20). The van der Waals surface area contributed by atoms with Crippen molar-refractivity contribution < 1.29 is 19.1 Å². The lowest BCUT2D eigenvalue weighted by Gasteiger charge is -2.07. The first-order valence-electron chi connectivity index (χ1n) is 7.75. The molecule has 0 aliphatic rings. The number of rotatable bonds is 10. The zero-order valence-corrected chi connectivity index (χ0v) is 13.4. The van der Waals surface area contributed by atoms with E-state index in [9.17, 15) is 9.59 Å². The van der Waals surface area contributed by atoms with Gasteiger partial charge in [0.1, 0.15) is 12.3 Å². The molecule has 0 aliphatic carbocycles. The Balaban J connectivity index is 2.30. The number of hydrogen-bond donors (Lipinski definition) is 1. The molecule has 0 heterocycles. The van der Waals surface area contributed by atoms with Gasteiger partial charge in [-0.3, -0.25) is 9.59 Å². The van der Waals surface area contributed by atoms with E-state index in [-0.39, 0.29) is 12.5 Å². The first kappa shape index (κ1) is 18.0. The lowest BCUT2D eigenvalue weighted by atomic mass is 10.2. The highest BCUT2D eigenvalue weighted by Crippen LogP contribution is 2.13. The number of ether oxygens (including phenoxy) is 2. The average Bonchev–Trinajstić information content (AvgIpc) is 2.56. The van der Waals surface area contributed by atoms with Gasteiger partial charge < -0.3 is 14.8 Å². The number of benzene rings is 1. The van der Waals surface area contributed by atoms with Crippen molar-refractivity contribution in [2.45, 2.75) is 39.0 Å². The summed E-state index contributed by atoms with van der Waals surface area (Å²) >= 11 is 0. The molecular weight excluding hydrogens is 282 g/mol. The highest BCUT2D eigenvalue weighted by atomic mass is 16.5. The summed E-state index contributed by atoms with van der Waals surface area (Å²) in [5, 5.41) is 2.49. The van der Waals surface area contributed by atoms with E-state index < -0.39 is 5.97 Å². The van der Waals surface area contributed by atoms with Crippen LogP contribution in [0, 0.1) is 0 Å². The van der Waals surface area contributed by atoms with E-state index in [0.29, 0.717) is 12.2 Å². The third-order valence-corrected chi connectivity index (χ3v) is 3.25. The number of esters is 1. The van der Waals surface area contributed by atoms with Crippen LogP contribution >= 0.6 is 0 Å². The summed E-state index contributed by atoms with van der Waals surface area (Å²) < 4.78 is 10.1. The molecule has 122 valence electrons. The Morgan fingerprint density at radius 3 is 2.36 bits per heavy atom. The molecule has 0 unspecified atom stereocenters. The van der Waals surface area contributed by atoms with Crippen LogP contribution < -0.4 is 10.1 Å². The smallest absolute Gasteiger partial charge is 0.325 e. The number of hydrogen-bond acceptors (Lipinski definition) is 4. The SMILES string of the molecule is CCCCCCCOc1ccc(C(=O)NCC(=O)OC)cc1. The number of carbonyl (C=O) groups excluding carboxylic acids is 2. The molecule has 0 saturated carbocycles. The number of unbranched alkanes of at least 4 members (excludes halogenated alkanes) is 4. The molecule has 1 aromatic carbocycles. The monoisotopic (exact) mass is 307 g/mol. The second-order valence-electron chi connectivity index (χ2n) is 5.05. The van der Waals surface area contributed by atoms with Crippen molar-refractivity contribution in [3.05, 3.63) is 29.8 Å². The van der Waals surface area contributed by atoms with Gasteiger partial charge in [-0.05, 0) is 30.7 Å². The van der Waals surface area contributed by atoms with Gasteiger partial charge in [0, 0.05) is 5.56 Å². The zero-order valence-electron chi connectivity index (χ0n) is 13.4. The van der Waals surface area contributed by atoms with Gasteiger partial charge in [-0.15, -0.1) is 0 Å². The Labute approximate surface area is 132 Å². The second kappa shape index (κ2) is 10.7. The lowest BCUT2D eigenvalue weighted by Crippen LogP contribution is -2.30. The summed E-state index contributed by atoms with van der Waals surface area (Å²) in [5.41, 5.74) is 0.485. The van der Waals surface area contributed by atoms with E-state index in [2.05, 4.69) is 17.0 Å². The van der Waals surface area contributed by atoms with Crippen molar-refractivity contribution >= 4 is 11.9 Å². The normalized spacial score (nSPS) is 10.1. The molecular formula is C17H25NO4. The molecule has 0 fully saturated rings. The summed E-state index contributed by atoms with van der Waals surface area (Å²) in [6.07, 6.45) is 5.98. The summed E-state index contributed by atoms with van der Waals surface area (Å²) in [7, 11) is 1.28. The molecule has 0 radical (unpaired) electrons. The maximum absolute atomic E-state index is 11.8. The van der Waals surface area contributed by atoms with Gasteiger partial charge in [-0.1, -0.05) is 32.6 Å². The minimum atomic E-state index is -0.476. The highest BCUT2D eigenvalue weighted by molar-refractivity contribution is 5.95. The van der Waals surface area contributed by atoms with Gasteiger partial charge in [-0.25, -0.2) is 0 Å². The average molecular weight is 307 g/mol. The van der Waals surface area contributed by atoms with Gasteiger partial charge in [0.2, 0.25) is 0 Å². The number of amides is 1. The van der Waals surface area contributed by atoms with Gasteiger partial charge in [0.25, 0.3) is 5.91 Å². The third kappa shape index (κ3) is 7.11. The fourth-order valence-corrected chi connectivity index (χ4v) is 1.92. The largest absolute Gasteiger partial charge is 0.494 e. The predicted octanol–water partition coefficient (Wildman–Crippen LogP) is 2.94. The Kier molecular flexibility index (Phi) is 8.72. The van der Waals surface area contributed by atoms with Gasteiger partial charge in [0.05, 0.1) is 13.7 Å². The van der Waals surface area contributed by atoms with Crippen molar-refractivity contribution in [1.82, 2.24) is 5.32 Å². The van der Waals surface area contributed by atoms with Crippen LogP contribution in [0.1, 0.15) is 49.4 Å². The molecule has 0 spiro atoms. The maximum Gasteiger partial charge on any atom is 0.325 e. The topological polar surface area (TPSA) is 64.6 Å². The first-order chi connectivity index (χ1) is 10.7. The molecule has 5 heteroatoms. The van der Waals surface area contributed by atoms with Crippen LogP contribution in [0.2, 0.25) is 0 Å². The molecule has 1 aromatic rings. The number of carbonyl (C=O) groups is 2. The summed E-state index contributed by atoms with van der Waals surface area (Å²) in [6, 6.07) is 6.89. The Morgan fingerprint density at radius 1 is 1.05 bits per heavy atom. The van der Waals surface area contributed by atoms with Gasteiger partial charge in [0.15, 0.2) is 0 Å². The quantitative estimate of drug-likeness (QED) is 0.533. The Morgan fingerprint density at radius 2 is 1.73 bits per heavy atom. The Bertz CT molecular complexity index is 456. The van der Waals surface area contributed by atoms with Crippen LogP contribution in [0.3, 0.4) is 0 Å². The Hall–Kier alpha value is -2.04. The molecule has 0 aliphatic heterocycles. The van der Waals surface area contributed by atoms with E-state index in [1.165, 1.54) is 32.8 Å². The van der Waals surface area contributed by atoms with Crippen molar-refractivity contribution in [1.29, 1.82) is 0 Å². The summed E-state index contributed by atoms with van der Waals surface area (Å²) in [4.78, 5) is 22.7. The molecule has 22 heavy (non-hydrogen) atoms. The molecule has 0 atom stereocenters. The molecule has 1 N–H and O–H groups in total. The van der Waals surface area contributed by atoms with Crippen molar-refractivity contribution in [2.75, 3.05) is 20.3 Å². The predicted molar refractivity (Wildman–Crippen MR) is 85.0 cm³/mol. The van der Waals surface area contributed by atoms with Crippen LogP contribution in [0.5, 0.6) is 5.75 Å². The molecule has 5 nitrogen and oxygen atoms in total. The summed E-state index contributed by atoms with van der Waals surface area (Å²) in [6.45, 7) is 2.75. The van der Waals surface area contributed by atoms with E-state index >= 15 is 0 Å². The fraction of sp³-hybridized carbons (Fsp3) is 0.529. The zero-order chi connectivity index (χ0) is 16.2. The summed E-state index contributed by atoms with van der Waals surface area (Å²) in [5.74, 6) is -0.0344. The molecule has 0 bridgehead atoms. The van der Waals surface area contributed by atoms with Crippen molar-refractivity contribution in [3.8, 4) is 5.75 Å². The second-order valence-corrected chi connectivity index (χ2v) is 5.05. The van der Waals surface area contributed by atoms with Crippen LogP contribution in [-0.2, 0) is 9.53 Å². The van der Waals surface area contributed by atoms with Crippen LogP contribution in [0.15, 0.2) is 24.3 Å². The van der Waals surface area contributed by atoms with E-state index in [1.807, 2.05) is 0 Å². The van der Waals surface area contributed by atoms with Gasteiger partial charge >= 0.3 is 5.97 Å². The molecule has 1 amide bonds. The first-order valence-corrected chi connectivity index (χ1v) is 7.75. The van der Waals surface area contributed by atoms with Crippen LogP contribution in [0.4, 0.5) is 0 Å². The number of nitrogens with one attached hydrogen (secondary N) is 1. The van der Waals surface area contributed by atoms with Crippen LogP contribution in [0.25, 0.3) is 0 Å².